The minimum absolute atomic E-state index is 0.519. The normalized spacial score (nSPS) is 10.9. The Bertz CT molecular complexity index is 2560. The van der Waals surface area contributed by atoms with Crippen molar-refractivity contribution in [3.8, 4) is 67.5 Å². The minimum atomic E-state index is 0.519. The zero-order valence-electron chi connectivity index (χ0n) is 30.4. The molecular formula is C51H35ClN4. The lowest BCUT2D eigenvalue weighted by molar-refractivity contribution is 1.07. The molecule has 5 heteroatoms. The van der Waals surface area contributed by atoms with Crippen LogP contribution in [-0.4, -0.2) is 15.0 Å². The van der Waals surface area contributed by atoms with Crippen LogP contribution in [0.15, 0.2) is 212 Å². The van der Waals surface area contributed by atoms with Crippen molar-refractivity contribution < 1.29 is 0 Å². The Hall–Kier alpha value is -7.14. The molecule has 8 aromatic carbocycles. The number of nitrogens with zero attached hydrogens (tertiary/aromatic N) is 4. The summed E-state index contributed by atoms with van der Waals surface area (Å²) in [6.07, 6.45) is 0. The van der Waals surface area contributed by atoms with Gasteiger partial charge in [0.25, 0.3) is 0 Å². The third-order valence-electron chi connectivity index (χ3n) is 9.83. The molecule has 56 heavy (non-hydrogen) atoms. The maximum absolute atomic E-state index is 6.91. The van der Waals surface area contributed by atoms with Crippen LogP contribution in [0.5, 0.6) is 0 Å². The van der Waals surface area contributed by atoms with Gasteiger partial charge in [0, 0.05) is 33.8 Å². The molecule has 0 fully saturated rings. The lowest BCUT2D eigenvalue weighted by Crippen LogP contribution is -2.09. The van der Waals surface area contributed by atoms with Crippen molar-refractivity contribution in [3.05, 3.63) is 217 Å². The lowest BCUT2D eigenvalue weighted by Gasteiger charge is -2.26. The van der Waals surface area contributed by atoms with Gasteiger partial charge in [-0.3, -0.25) is 0 Å². The van der Waals surface area contributed by atoms with Crippen LogP contribution in [0.25, 0.3) is 67.5 Å². The van der Waals surface area contributed by atoms with Gasteiger partial charge in [0.05, 0.1) is 5.02 Å². The Morgan fingerprint density at radius 3 is 0.982 bits per heavy atom. The van der Waals surface area contributed by atoms with Gasteiger partial charge >= 0.3 is 0 Å². The molecule has 1 aromatic heterocycles. The summed E-state index contributed by atoms with van der Waals surface area (Å²) in [6.45, 7) is 0. The van der Waals surface area contributed by atoms with E-state index < -0.39 is 0 Å². The number of benzene rings is 8. The minimum Gasteiger partial charge on any atom is -0.311 e. The second-order valence-corrected chi connectivity index (χ2v) is 13.8. The fourth-order valence-electron chi connectivity index (χ4n) is 6.92. The topological polar surface area (TPSA) is 41.9 Å². The van der Waals surface area contributed by atoms with E-state index in [0.717, 1.165) is 44.9 Å². The molecular weight excluding hydrogens is 704 g/mol. The predicted molar refractivity (Wildman–Crippen MR) is 232 cm³/mol. The van der Waals surface area contributed by atoms with E-state index in [9.17, 15) is 0 Å². The highest BCUT2D eigenvalue weighted by molar-refractivity contribution is 6.33. The zero-order valence-corrected chi connectivity index (χ0v) is 31.1. The van der Waals surface area contributed by atoms with Crippen molar-refractivity contribution in [1.82, 2.24) is 15.0 Å². The molecule has 0 unspecified atom stereocenters. The summed E-state index contributed by atoms with van der Waals surface area (Å²) in [7, 11) is 0. The van der Waals surface area contributed by atoms with Crippen molar-refractivity contribution in [1.29, 1.82) is 0 Å². The molecule has 0 saturated heterocycles. The van der Waals surface area contributed by atoms with Crippen LogP contribution in [-0.2, 0) is 0 Å². The molecule has 4 nitrogen and oxygen atoms in total. The van der Waals surface area contributed by atoms with Gasteiger partial charge in [0.15, 0.2) is 17.5 Å². The average Bonchev–Trinajstić information content (AvgIpc) is 3.28. The molecule has 266 valence electrons. The first-order valence-corrected chi connectivity index (χ1v) is 18.9. The summed E-state index contributed by atoms with van der Waals surface area (Å²) >= 11 is 6.91. The summed E-state index contributed by atoms with van der Waals surface area (Å²) in [6, 6.07) is 73.1. The van der Waals surface area contributed by atoms with E-state index in [1.165, 1.54) is 22.3 Å². The fourth-order valence-corrected chi connectivity index (χ4v) is 7.12. The van der Waals surface area contributed by atoms with Gasteiger partial charge in [-0.25, -0.2) is 15.0 Å². The second-order valence-electron chi connectivity index (χ2n) is 13.4. The molecule has 0 radical (unpaired) electrons. The molecule has 0 spiro atoms. The standard InChI is InChI=1S/C51H35ClN4/c52-48-34-27-43(35-47(48)51-54-49(41-17-9-3-10-18-41)53-50(55-51)42-19-11-4-12-20-42)40-25-32-46(33-26-40)56(44-28-21-38(22-29-44)36-13-5-1-6-14-36)45-30-23-39(24-31-45)37-15-7-2-8-16-37/h1-35H. The van der Waals surface area contributed by atoms with E-state index in [0.29, 0.717) is 22.5 Å². The van der Waals surface area contributed by atoms with Crippen molar-refractivity contribution in [2.75, 3.05) is 4.90 Å². The summed E-state index contributed by atoms with van der Waals surface area (Å²) in [4.78, 5) is 17.0. The summed E-state index contributed by atoms with van der Waals surface area (Å²) < 4.78 is 0. The lowest BCUT2D eigenvalue weighted by atomic mass is 10.0. The van der Waals surface area contributed by atoms with Crippen molar-refractivity contribution in [3.63, 3.8) is 0 Å². The second kappa shape index (κ2) is 15.7. The van der Waals surface area contributed by atoms with E-state index >= 15 is 0 Å². The average molecular weight is 739 g/mol. The third kappa shape index (κ3) is 7.34. The van der Waals surface area contributed by atoms with E-state index in [1.54, 1.807) is 0 Å². The Kier molecular flexibility index (Phi) is 9.69. The maximum atomic E-state index is 6.91. The van der Waals surface area contributed by atoms with Crippen LogP contribution >= 0.6 is 11.6 Å². The number of aromatic nitrogens is 3. The molecule has 0 aliphatic rings. The van der Waals surface area contributed by atoms with E-state index in [-0.39, 0.29) is 0 Å². The third-order valence-corrected chi connectivity index (χ3v) is 10.2. The Labute approximate surface area is 332 Å². The molecule has 0 atom stereocenters. The van der Waals surface area contributed by atoms with Gasteiger partial charge in [0.1, 0.15) is 0 Å². The molecule has 9 rings (SSSR count). The number of hydrogen-bond acceptors (Lipinski definition) is 4. The number of rotatable bonds is 9. The first-order valence-electron chi connectivity index (χ1n) is 18.5. The molecule has 0 amide bonds. The molecule has 0 bridgehead atoms. The van der Waals surface area contributed by atoms with Crippen molar-refractivity contribution >= 4 is 28.7 Å². The van der Waals surface area contributed by atoms with E-state index in [2.05, 4.69) is 132 Å². The molecule has 0 aliphatic heterocycles. The van der Waals surface area contributed by atoms with Gasteiger partial charge in [-0.1, -0.05) is 175 Å². The van der Waals surface area contributed by atoms with Gasteiger partial charge in [-0.05, 0) is 81.9 Å². The molecule has 9 aromatic rings. The van der Waals surface area contributed by atoms with Crippen LogP contribution < -0.4 is 4.90 Å². The van der Waals surface area contributed by atoms with Crippen molar-refractivity contribution in [2.45, 2.75) is 0 Å². The summed E-state index contributed by atoms with van der Waals surface area (Å²) in [5, 5.41) is 0.568. The van der Waals surface area contributed by atoms with Gasteiger partial charge in [-0.2, -0.15) is 0 Å². The maximum Gasteiger partial charge on any atom is 0.165 e. The van der Waals surface area contributed by atoms with Crippen LogP contribution in [0.4, 0.5) is 17.1 Å². The number of halogens is 1. The van der Waals surface area contributed by atoms with Crippen LogP contribution in [0.3, 0.4) is 0 Å². The van der Waals surface area contributed by atoms with Gasteiger partial charge in [-0.15, -0.1) is 0 Å². The number of anilines is 3. The van der Waals surface area contributed by atoms with Gasteiger partial charge in [0.2, 0.25) is 0 Å². The monoisotopic (exact) mass is 738 g/mol. The largest absolute Gasteiger partial charge is 0.311 e. The highest BCUT2D eigenvalue weighted by Gasteiger charge is 2.17. The zero-order chi connectivity index (χ0) is 37.7. The molecule has 0 saturated carbocycles. The predicted octanol–water partition coefficient (Wildman–Crippen LogP) is 14.0. The van der Waals surface area contributed by atoms with E-state index in [4.69, 9.17) is 26.6 Å². The van der Waals surface area contributed by atoms with Crippen molar-refractivity contribution in [2.24, 2.45) is 0 Å². The van der Waals surface area contributed by atoms with Gasteiger partial charge < -0.3 is 4.90 Å². The Morgan fingerprint density at radius 2 is 0.589 bits per heavy atom. The first-order chi connectivity index (χ1) is 27.7. The Morgan fingerprint density at radius 1 is 0.286 bits per heavy atom. The molecule has 1 heterocycles. The molecule has 0 aliphatic carbocycles. The van der Waals surface area contributed by atoms with Crippen LogP contribution in [0.2, 0.25) is 5.02 Å². The highest BCUT2D eigenvalue weighted by atomic mass is 35.5. The Balaban J connectivity index is 1.08. The number of hydrogen-bond donors (Lipinski definition) is 0. The first kappa shape index (κ1) is 34.6. The van der Waals surface area contributed by atoms with E-state index in [1.807, 2.05) is 84.9 Å². The smallest absolute Gasteiger partial charge is 0.165 e. The SMILES string of the molecule is Clc1ccc(-c2ccc(N(c3ccc(-c4ccccc4)cc3)c3ccc(-c4ccccc4)cc3)cc2)cc1-c1nc(-c2ccccc2)nc(-c2ccccc2)n1. The summed E-state index contributed by atoms with van der Waals surface area (Å²) in [5.41, 5.74) is 12.5. The molecule has 0 N–H and O–H groups in total. The van der Waals surface area contributed by atoms with Crippen LogP contribution in [0, 0.1) is 0 Å². The summed E-state index contributed by atoms with van der Waals surface area (Å²) in [5.74, 6) is 1.70. The fraction of sp³-hybridized carbons (Fsp3) is 0. The quantitative estimate of drug-likeness (QED) is 0.148. The highest BCUT2D eigenvalue weighted by Crippen LogP contribution is 2.39. The van der Waals surface area contributed by atoms with Crippen LogP contribution in [0.1, 0.15) is 0 Å².